The molecule has 0 amide bonds. The molecular weight excluding hydrogens is 403 g/mol. The van der Waals surface area contributed by atoms with Gasteiger partial charge >= 0.3 is 0 Å². The zero-order valence-corrected chi connectivity index (χ0v) is 23.1. The molecule has 194 valence electrons. The van der Waals surface area contributed by atoms with Crippen LogP contribution in [-0.2, 0) is 4.74 Å². The Kier molecular flexibility index (Phi) is 26.3. The summed E-state index contributed by atoms with van der Waals surface area (Å²) in [5.74, 6) is 3.46. The summed E-state index contributed by atoms with van der Waals surface area (Å²) in [6.07, 6.45) is 7.24. The molecule has 4 rings (SSSR count). The van der Waals surface area contributed by atoms with Crippen molar-refractivity contribution in [2.45, 2.75) is 119 Å². The van der Waals surface area contributed by atoms with Gasteiger partial charge in [-0.2, -0.15) is 5.26 Å². The van der Waals surface area contributed by atoms with E-state index < -0.39 is 5.67 Å². The standard InChI is InChI=1S/C6H11F.C5H10O.C4H9N.C4H8.C3H5N.C3H8O.C2H6/c1-5-3-6(2,7)4-5;1-4-2-5(6)3-4;1-4-2-5-3-4;1-4-2-3-4;1-2-3-4;1-3-4-2;1-2/h5H,3-4H2,1-2H3;4-6H,2-3H2,1H3;4-5H,2-3H2,1H3;4H,2-3H2,1H3;2H2,1H3;3H2,1-2H3;1-2H3. The van der Waals surface area contributed by atoms with Crippen molar-refractivity contribution in [3.8, 4) is 6.07 Å². The van der Waals surface area contributed by atoms with Crippen molar-refractivity contribution in [1.82, 2.24) is 5.32 Å². The fourth-order valence-corrected chi connectivity index (χ4v) is 2.85. The molecule has 32 heavy (non-hydrogen) atoms. The Hall–Kier alpha value is -0.700. The minimum Gasteiger partial charge on any atom is -0.393 e. The number of nitrogens with one attached hydrogen (secondary N) is 1. The maximum Gasteiger partial charge on any atom is 0.108 e. The summed E-state index contributed by atoms with van der Waals surface area (Å²) >= 11 is 0. The number of rotatable bonds is 1. The van der Waals surface area contributed by atoms with E-state index in [0.29, 0.717) is 12.3 Å². The predicted molar refractivity (Wildman–Crippen MR) is 138 cm³/mol. The third-order valence-corrected chi connectivity index (χ3v) is 5.20. The van der Waals surface area contributed by atoms with Crippen LogP contribution in [0.15, 0.2) is 0 Å². The average Bonchev–Trinajstić information content (AvgIpc) is 3.49. The van der Waals surface area contributed by atoms with Crippen LogP contribution in [-0.4, -0.2) is 43.7 Å². The van der Waals surface area contributed by atoms with Gasteiger partial charge in [0.05, 0.1) is 12.2 Å². The van der Waals surface area contributed by atoms with E-state index in [-0.39, 0.29) is 6.10 Å². The van der Waals surface area contributed by atoms with Gasteiger partial charge in [-0.05, 0) is 76.3 Å². The summed E-state index contributed by atoms with van der Waals surface area (Å²) in [4.78, 5) is 0. The summed E-state index contributed by atoms with van der Waals surface area (Å²) in [6.45, 7) is 21.5. The predicted octanol–water partition coefficient (Wildman–Crippen LogP) is 7.16. The molecule has 3 saturated carbocycles. The normalized spacial score (nSPS) is 28.7. The smallest absolute Gasteiger partial charge is 0.108 e. The molecule has 2 N–H and O–H groups in total. The molecule has 0 aromatic carbocycles. The minimum atomic E-state index is -0.806. The van der Waals surface area contributed by atoms with Gasteiger partial charge in [-0.15, -0.1) is 0 Å². The van der Waals surface area contributed by atoms with Crippen molar-refractivity contribution >= 4 is 0 Å². The maximum absolute atomic E-state index is 12.5. The third kappa shape index (κ3) is 29.3. The van der Waals surface area contributed by atoms with Gasteiger partial charge in [-0.3, -0.25) is 0 Å². The summed E-state index contributed by atoms with van der Waals surface area (Å²) in [5.41, 5.74) is -0.806. The van der Waals surface area contributed by atoms with Gasteiger partial charge in [0.15, 0.2) is 0 Å². The van der Waals surface area contributed by atoms with Crippen LogP contribution in [0.5, 0.6) is 0 Å². The van der Waals surface area contributed by atoms with Crippen LogP contribution in [0.3, 0.4) is 0 Å². The maximum atomic E-state index is 12.5. The molecule has 0 spiro atoms. The minimum absolute atomic E-state index is 0.0417. The Morgan fingerprint density at radius 3 is 1.31 bits per heavy atom. The molecule has 0 unspecified atom stereocenters. The molecule has 1 aliphatic heterocycles. The van der Waals surface area contributed by atoms with Crippen LogP contribution in [0, 0.1) is 35.0 Å². The van der Waals surface area contributed by atoms with Crippen LogP contribution >= 0.6 is 0 Å². The monoisotopic (exact) mass is 460 g/mol. The lowest BCUT2D eigenvalue weighted by molar-refractivity contribution is 0.0347. The van der Waals surface area contributed by atoms with Crippen LogP contribution in [0.1, 0.15) is 107 Å². The lowest BCUT2D eigenvalue weighted by Gasteiger charge is -2.36. The molecule has 4 aliphatic rings. The van der Waals surface area contributed by atoms with E-state index in [0.717, 1.165) is 50.0 Å². The van der Waals surface area contributed by atoms with Crippen LogP contribution in [0.25, 0.3) is 0 Å². The quantitative estimate of drug-likeness (QED) is 0.435. The number of nitrogens with zero attached hydrogens (tertiary/aromatic N) is 1. The number of hydrogen-bond donors (Lipinski definition) is 2. The second-order valence-corrected chi connectivity index (χ2v) is 9.69. The molecule has 3 aliphatic carbocycles. The SMILES string of the molecule is CC.CC1CC(C)(F)C1.CC1CC(O)C1.CC1CC1.CC1CNC1.CCC#N.CCOC. The summed E-state index contributed by atoms with van der Waals surface area (Å²) in [6, 6.07) is 1.93. The summed E-state index contributed by atoms with van der Waals surface area (Å²) in [5, 5.41) is 19.4. The highest BCUT2D eigenvalue weighted by Crippen LogP contribution is 2.39. The molecule has 0 aromatic heterocycles. The zero-order valence-electron chi connectivity index (χ0n) is 23.1. The number of alkyl halides is 1. The second-order valence-electron chi connectivity index (χ2n) is 9.69. The van der Waals surface area contributed by atoms with Gasteiger partial charge in [0.1, 0.15) is 5.67 Å². The van der Waals surface area contributed by atoms with Crippen molar-refractivity contribution in [3.63, 3.8) is 0 Å². The lowest BCUT2D eigenvalue weighted by atomic mass is 9.75. The van der Waals surface area contributed by atoms with Crippen molar-refractivity contribution in [3.05, 3.63) is 0 Å². The molecule has 0 bridgehead atoms. The highest BCUT2D eigenvalue weighted by molar-refractivity contribution is 4.87. The van der Waals surface area contributed by atoms with Gasteiger partial charge in [-0.1, -0.05) is 61.3 Å². The highest BCUT2D eigenvalue weighted by atomic mass is 19.1. The first-order valence-corrected chi connectivity index (χ1v) is 12.9. The van der Waals surface area contributed by atoms with Gasteiger partial charge < -0.3 is 15.2 Å². The van der Waals surface area contributed by atoms with E-state index in [1.807, 2.05) is 33.8 Å². The molecular formula is C27H57FN2O2. The Morgan fingerprint density at radius 1 is 0.969 bits per heavy atom. The van der Waals surface area contributed by atoms with Crippen molar-refractivity contribution in [2.75, 3.05) is 26.8 Å². The lowest BCUT2D eigenvalue weighted by Crippen LogP contribution is -2.39. The molecule has 5 heteroatoms. The van der Waals surface area contributed by atoms with Gasteiger partial charge in [0.2, 0.25) is 0 Å². The van der Waals surface area contributed by atoms with E-state index in [9.17, 15) is 4.39 Å². The Labute approximate surface area is 200 Å². The van der Waals surface area contributed by atoms with Crippen LogP contribution < -0.4 is 5.32 Å². The average molecular weight is 461 g/mol. The largest absolute Gasteiger partial charge is 0.393 e. The van der Waals surface area contributed by atoms with E-state index >= 15 is 0 Å². The van der Waals surface area contributed by atoms with E-state index in [1.165, 1.54) is 25.9 Å². The summed E-state index contributed by atoms with van der Waals surface area (Å²) in [7, 11) is 1.68. The number of nitriles is 1. The zero-order chi connectivity index (χ0) is 25.6. The van der Waals surface area contributed by atoms with Crippen molar-refractivity contribution in [2.24, 2.45) is 23.7 Å². The van der Waals surface area contributed by atoms with Crippen LogP contribution in [0.2, 0.25) is 0 Å². The fraction of sp³-hybridized carbons (Fsp3) is 0.963. The first kappa shape index (κ1) is 35.9. The Morgan fingerprint density at radius 2 is 1.31 bits per heavy atom. The molecule has 4 nitrogen and oxygen atoms in total. The van der Waals surface area contributed by atoms with E-state index in [1.54, 1.807) is 14.0 Å². The first-order valence-electron chi connectivity index (χ1n) is 12.9. The molecule has 4 fully saturated rings. The number of ether oxygens (including phenoxy) is 1. The number of hydrogen-bond acceptors (Lipinski definition) is 4. The number of aliphatic hydroxyl groups excluding tert-OH is 1. The van der Waals surface area contributed by atoms with Gasteiger partial charge in [0.25, 0.3) is 0 Å². The fourth-order valence-electron chi connectivity index (χ4n) is 2.85. The van der Waals surface area contributed by atoms with E-state index in [2.05, 4.69) is 37.7 Å². The molecule has 1 heterocycles. The number of aliphatic hydroxyl groups is 1. The molecule has 0 aromatic rings. The number of halogens is 1. The van der Waals surface area contributed by atoms with Crippen LogP contribution in [0.4, 0.5) is 4.39 Å². The Balaban J connectivity index is -0.000000315. The molecule has 0 atom stereocenters. The molecule has 1 saturated heterocycles. The van der Waals surface area contributed by atoms with Gasteiger partial charge in [-0.25, -0.2) is 4.39 Å². The molecule has 0 radical (unpaired) electrons. The Bertz CT molecular complexity index is 396. The number of methoxy groups -OCH3 is 1. The van der Waals surface area contributed by atoms with Crippen molar-refractivity contribution in [1.29, 1.82) is 5.26 Å². The summed E-state index contributed by atoms with van der Waals surface area (Å²) < 4.78 is 17.0. The van der Waals surface area contributed by atoms with Crippen molar-refractivity contribution < 1.29 is 14.2 Å². The topological polar surface area (TPSA) is 65.3 Å². The third-order valence-electron chi connectivity index (χ3n) is 5.20. The second kappa shape index (κ2) is 23.5. The highest BCUT2D eigenvalue weighted by Gasteiger charge is 2.37. The van der Waals surface area contributed by atoms with Gasteiger partial charge in [0, 0.05) is 20.1 Å². The van der Waals surface area contributed by atoms with E-state index in [4.69, 9.17) is 10.4 Å². The first-order chi connectivity index (χ1) is 15.0.